The number of amides is 1. The van der Waals surface area contributed by atoms with Crippen molar-refractivity contribution in [3.8, 4) is 22.9 Å². The highest BCUT2D eigenvalue weighted by Crippen LogP contribution is 2.29. The fraction of sp³-hybridized carbons (Fsp3) is 0.233. The number of hydrogen-bond acceptors (Lipinski definition) is 5. The van der Waals surface area contributed by atoms with Crippen LogP contribution in [0.3, 0.4) is 0 Å². The van der Waals surface area contributed by atoms with E-state index in [-0.39, 0.29) is 18.2 Å². The van der Waals surface area contributed by atoms with Crippen molar-refractivity contribution in [3.63, 3.8) is 0 Å². The van der Waals surface area contributed by atoms with E-state index in [1.807, 2.05) is 58.9 Å². The topological polar surface area (TPSA) is 74.4 Å². The maximum Gasteiger partial charge on any atom is 0.573 e. The molecule has 0 bridgehead atoms. The average Bonchev–Trinajstić information content (AvgIpc) is 3.34. The van der Waals surface area contributed by atoms with Crippen molar-refractivity contribution >= 4 is 11.6 Å². The number of carbonyl (C=O) groups excluding carboxylic acids is 1. The summed E-state index contributed by atoms with van der Waals surface area (Å²) in [6, 6.07) is 21.5. The van der Waals surface area contributed by atoms with Gasteiger partial charge in [-0.3, -0.25) is 9.69 Å². The molecule has 0 aliphatic carbocycles. The molecule has 1 saturated heterocycles. The van der Waals surface area contributed by atoms with Gasteiger partial charge in [0.15, 0.2) is 0 Å². The third-order valence-electron chi connectivity index (χ3n) is 6.84. The van der Waals surface area contributed by atoms with Crippen LogP contribution in [0.25, 0.3) is 11.1 Å². The normalized spacial score (nSPS) is 14.3. The molecule has 40 heavy (non-hydrogen) atoms. The van der Waals surface area contributed by atoms with Gasteiger partial charge in [0.25, 0.3) is 0 Å². The van der Waals surface area contributed by atoms with Gasteiger partial charge in [0, 0.05) is 49.7 Å². The van der Waals surface area contributed by atoms with E-state index in [2.05, 4.69) is 15.8 Å². The highest BCUT2D eigenvalue weighted by Gasteiger charge is 2.32. The molecule has 0 saturated carbocycles. The summed E-state index contributed by atoms with van der Waals surface area (Å²) in [5.41, 5.74) is 5.88. The number of piperazine rings is 1. The molecule has 1 fully saturated rings. The monoisotopic (exact) mass is 545 g/mol. The van der Waals surface area contributed by atoms with Gasteiger partial charge in [-0.25, -0.2) is 4.98 Å². The summed E-state index contributed by atoms with van der Waals surface area (Å²) in [7, 11) is 0. The van der Waals surface area contributed by atoms with Crippen molar-refractivity contribution in [2.24, 2.45) is 0 Å². The predicted octanol–water partition coefficient (Wildman–Crippen LogP) is 5.53. The van der Waals surface area contributed by atoms with Crippen LogP contribution in [0, 0.1) is 18.3 Å². The van der Waals surface area contributed by atoms with Gasteiger partial charge in [0.05, 0.1) is 30.2 Å². The second kappa shape index (κ2) is 11.2. The van der Waals surface area contributed by atoms with Crippen LogP contribution in [0.15, 0.2) is 79.3 Å². The minimum absolute atomic E-state index is 0.115. The van der Waals surface area contributed by atoms with Crippen molar-refractivity contribution in [2.75, 3.05) is 24.5 Å². The first-order valence-corrected chi connectivity index (χ1v) is 12.7. The van der Waals surface area contributed by atoms with E-state index >= 15 is 0 Å². The fourth-order valence-electron chi connectivity index (χ4n) is 4.91. The minimum Gasteiger partial charge on any atom is -0.406 e. The number of aryl methyl sites for hydroxylation is 1. The van der Waals surface area contributed by atoms with Crippen molar-refractivity contribution in [2.45, 2.75) is 26.4 Å². The van der Waals surface area contributed by atoms with E-state index in [1.54, 1.807) is 18.6 Å². The van der Waals surface area contributed by atoms with Gasteiger partial charge in [-0.2, -0.15) is 5.26 Å². The Morgan fingerprint density at radius 3 is 2.58 bits per heavy atom. The van der Waals surface area contributed by atoms with Gasteiger partial charge >= 0.3 is 6.36 Å². The van der Waals surface area contributed by atoms with Gasteiger partial charge < -0.3 is 14.2 Å². The number of nitrogens with zero attached hydrogens (tertiary/aromatic N) is 5. The third-order valence-corrected chi connectivity index (χ3v) is 6.84. The van der Waals surface area contributed by atoms with Crippen molar-refractivity contribution < 1.29 is 22.7 Å². The average molecular weight is 546 g/mol. The smallest absolute Gasteiger partial charge is 0.406 e. The summed E-state index contributed by atoms with van der Waals surface area (Å²) < 4.78 is 43.8. The minimum atomic E-state index is -4.80. The maximum absolute atomic E-state index is 12.9. The summed E-state index contributed by atoms with van der Waals surface area (Å²) in [5, 5.41) is 9.66. The molecule has 7 nitrogen and oxygen atoms in total. The Kier molecular flexibility index (Phi) is 7.58. The molecule has 0 unspecified atom stereocenters. The number of anilines is 1. The number of rotatable bonds is 7. The number of imidazole rings is 1. The van der Waals surface area contributed by atoms with E-state index < -0.39 is 6.36 Å². The SMILES string of the molecule is Cc1ccccc1-c1cc(Cn2cncc2CN2CCN(c3cccc(OC(F)(F)F)c3)C(=O)C2)ccc1C#N. The molecule has 0 atom stereocenters. The molecule has 204 valence electrons. The van der Waals surface area contributed by atoms with Crippen LogP contribution < -0.4 is 9.64 Å². The molecule has 0 radical (unpaired) electrons. The van der Waals surface area contributed by atoms with E-state index in [4.69, 9.17) is 0 Å². The lowest BCUT2D eigenvalue weighted by atomic mass is 9.94. The first-order valence-electron chi connectivity index (χ1n) is 12.7. The number of hydrogen-bond donors (Lipinski definition) is 0. The number of carbonyl (C=O) groups is 1. The van der Waals surface area contributed by atoms with Crippen LogP contribution in [0.2, 0.25) is 0 Å². The molecular formula is C30H26F3N5O2. The Bertz CT molecular complexity index is 1570. The maximum atomic E-state index is 12.9. The first-order chi connectivity index (χ1) is 19.2. The summed E-state index contributed by atoms with van der Waals surface area (Å²) in [5.74, 6) is -0.575. The molecule has 3 aromatic carbocycles. The van der Waals surface area contributed by atoms with Gasteiger partial charge in [-0.1, -0.05) is 36.4 Å². The summed E-state index contributed by atoms with van der Waals surface area (Å²) >= 11 is 0. The first kappa shape index (κ1) is 27.0. The second-order valence-electron chi connectivity index (χ2n) is 9.62. The largest absolute Gasteiger partial charge is 0.573 e. The van der Waals surface area contributed by atoms with E-state index in [0.717, 1.165) is 27.9 Å². The third kappa shape index (κ3) is 6.16. The zero-order valence-electron chi connectivity index (χ0n) is 21.7. The molecule has 10 heteroatoms. The highest BCUT2D eigenvalue weighted by atomic mass is 19.4. The molecule has 0 spiro atoms. The van der Waals surface area contributed by atoms with Crippen molar-refractivity contribution in [3.05, 3.63) is 102 Å². The number of halogens is 3. The summed E-state index contributed by atoms with van der Waals surface area (Å²) in [6.07, 6.45) is -1.30. The number of benzene rings is 3. The second-order valence-corrected chi connectivity index (χ2v) is 9.62. The molecule has 2 heterocycles. The lowest BCUT2D eigenvalue weighted by molar-refractivity contribution is -0.274. The number of ether oxygens (including phenoxy) is 1. The standard InChI is InChI=1S/C30H26F3N5O2/c1-21-5-2-3-8-27(21)28-13-22(9-10-23(28)15-34)17-37-20-35-16-25(37)18-36-11-12-38(29(39)19-36)24-6-4-7-26(14-24)40-30(31,32)33/h2-10,13-14,16,20H,11-12,17-19H2,1H3. The molecule has 1 aliphatic rings. The Morgan fingerprint density at radius 2 is 1.82 bits per heavy atom. The lowest BCUT2D eigenvalue weighted by Gasteiger charge is -2.34. The number of nitriles is 1. The van der Waals surface area contributed by atoms with Gasteiger partial charge in [0.1, 0.15) is 5.75 Å². The summed E-state index contributed by atoms with van der Waals surface area (Å²) in [6.45, 7) is 4.03. The molecule has 1 aromatic heterocycles. The Morgan fingerprint density at radius 1 is 1.00 bits per heavy atom. The van der Waals surface area contributed by atoms with Crippen LogP contribution in [0.5, 0.6) is 5.75 Å². The summed E-state index contributed by atoms with van der Waals surface area (Å²) in [4.78, 5) is 20.7. The van der Waals surface area contributed by atoms with Crippen LogP contribution in [0.1, 0.15) is 22.4 Å². The Labute approximate surface area is 229 Å². The van der Waals surface area contributed by atoms with E-state index in [1.165, 1.54) is 23.1 Å². The Balaban J connectivity index is 1.27. The zero-order chi connectivity index (χ0) is 28.3. The highest BCUT2D eigenvalue weighted by molar-refractivity contribution is 5.95. The molecular weight excluding hydrogens is 519 g/mol. The van der Waals surface area contributed by atoms with E-state index in [0.29, 0.717) is 37.4 Å². The molecule has 5 rings (SSSR count). The lowest BCUT2D eigenvalue weighted by Crippen LogP contribution is -2.50. The molecule has 1 aliphatic heterocycles. The molecule has 0 N–H and O–H groups in total. The molecule has 4 aromatic rings. The fourth-order valence-corrected chi connectivity index (χ4v) is 4.91. The zero-order valence-corrected chi connectivity index (χ0v) is 21.7. The van der Waals surface area contributed by atoms with Crippen molar-refractivity contribution in [1.29, 1.82) is 5.26 Å². The number of aromatic nitrogens is 2. The Hall–Kier alpha value is -4.62. The number of alkyl halides is 3. The van der Waals surface area contributed by atoms with Crippen LogP contribution in [-0.4, -0.2) is 46.4 Å². The van der Waals surface area contributed by atoms with Gasteiger partial charge in [-0.05, 0) is 47.9 Å². The van der Waals surface area contributed by atoms with Crippen LogP contribution >= 0.6 is 0 Å². The van der Waals surface area contributed by atoms with Gasteiger partial charge in [-0.15, -0.1) is 13.2 Å². The van der Waals surface area contributed by atoms with Crippen LogP contribution in [0.4, 0.5) is 18.9 Å². The van der Waals surface area contributed by atoms with Crippen LogP contribution in [-0.2, 0) is 17.9 Å². The van der Waals surface area contributed by atoms with Gasteiger partial charge in [0.2, 0.25) is 5.91 Å². The predicted molar refractivity (Wildman–Crippen MR) is 143 cm³/mol. The molecule has 1 amide bonds. The van der Waals surface area contributed by atoms with E-state index in [9.17, 15) is 23.2 Å². The van der Waals surface area contributed by atoms with Crippen molar-refractivity contribution in [1.82, 2.24) is 14.5 Å². The quantitative estimate of drug-likeness (QED) is 0.306.